The van der Waals surface area contributed by atoms with Gasteiger partial charge in [0.15, 0.2) is 0 Å². The van der Waals surface area contributed by atoms with E-state index in [2.05, 4.69) is 21.0 Å². The predicted molar refractivity (Wildman–Crippen MR) is 58.3 cm³/mol. The number of hydrogen-bond acceptors (Lipinski definition) is 3. The van der Waals surface area contributed by atoms with Crippen molar-refractivity contribution in [2.45, 2.75) is 31.3 Å². The van der Waals surface area contributed by atoms with Gasteiger partial charge in [-0.2, -0.15) is 5.10 Å². The normalized spacial score (nSPS) is 20.6. The standard InChI is InChI=1S/C10H13BrN2O2/c1-13-6-8(11)9(12-13)10(15)4-2-7(14)3-5-10/h6,15H,2-5H2,1H3. The van der Waals surface area contributed by atoms with Gasteiger partial charge in [0.05, 0.1) is 4.47 Å². The summed E-state index contributed by atoms with van der Waals surface area (Å²) in [7, 11) is 1.81. The summed E-state index contributed by atoms with van der Waals surface area (Å²) in [6.45, 7) is 0. The predicted octanol–water partition coefficient (Wildman–Crippen LogP) is 1.51. The van der Waals surface area contributed by atoms with Crippen LogP contribution < -0.4 is 0 Å². The monoisotopic (exact) mass is 272 g/mol. The largest absolute Gasteiger partial charge is 0.383 e. The van der Waals surface area contributed by atoms with Crippen LogP contribution in [0, 0.1) is 0 Å². The Kier molecular flexibility index (Phi) is 2.68. The Morgan fingerprint density at radius 3 is 2.60 bits per heavy atom. The van der Waals surface area contributed by atoms with Gasteiger partial charge in [-0.05, 0) is 28.8 Å². The van der Waals surface area contributed by atoms with Gasteiger partial charge >= 0.3 is 0 Å². The van der Waals surface area contributed by atoms with Crippen LogP contribution in [0.5, 0.6) is 0 Å². The maximum Gasteiger partial charge on any atom is 0.133 e. The van der Waals surface area contributed by atoms with E-state index in [-0.39, 0.29) is 5.78 Å². The van der Waals surface area contributed by atoms with Crippen LogP contribution in [-0.4, -0.2) is 20.7 Å². The fourth-order valence-corrected chi connectivity index (χ4v) is 2.70. The van der Waals surface area contributed by atoms with Crippen molar-refractivity contribution >= 4 is 21.7 Å². The fourth-order valence-electron chi connectivity index (χ4n) is 1.95. The first-order valence-corrected chi connectivity index (χ1v) is 5.74. The molecule has 5 heteroatoms. The summed E-state index contributed by atoms with van der Waals surface area (Å²) in [4.78, 5) is 11.1. The zero-order valence-corrected chi connectivity index (χ0v) is 10.1. The lowest BCUT2D eigenvalue weighted by Crippen LogP contribution is -2.32. The van der Waals surface area contributed by atoms with Crippen LogP contribution in [0.3, 0.4) is 0 Å². The maximum atomic E-state index is 11.1. The fraction of sp³-hybridized carbons (Fsp3) is 0.600. The Hall–Kier alpha value is -0.680. The first-order chi connectivity index (χ1) is 7.01. The lowest BCUT2D eigenvalue weighted by molar-refractivity contribution is -0.126. The van der Waals surface area contributed by atoms with Crippen molar-refractivity contribution in [3.05, 3.63) is 16.4 Å². The molecule has 0 unspecified atom stereocenters. The Labute approximate surface area is 96.4 Å². The summed E-state index contributed by atoms with van der Waals surface area (Å²) in [6.07, 6.45) is 3.64. The lowest BCUT2D eigenvalue weighted by Gasteiger charge is -2.30. The second kappa shape index (κ2) is 3.72. The van der Waals surface area contributed by atoms with Gasteiger partial charge in [-0.3, -0.25) is 9.48 Å². The van der Waals surface area contributed by atoms with Gasteiger partial charge in [-0.25, -0.2) is 0 Å². The van der Waals surface area contributed by atoms with Crippen molar-refractivity contribution in [1.29, 1.82) is 0 Å². The van der Waals surface area contributed by atoms with Crippen LogP contribution in [0.25, 0.3) is 0 Å². The smallest absolute Gasteiger partial charge is 0.133 e. The van der Waals surface area contributed by atoms with E-state index in [1.807, 2.05) is 13.2 Å². The highest BCUT2D eigenvalue weighted by Gasteiger charge is 2.37. The molecule has 0 saturated heterocycles. The summed E-state index contributed by atoms with van der Waals surface area (Å²) >= 11 is 3.37. The van der Waals surface area contributed by atoms with Gasteiger partial charge in [-0.15, -0.1) is 0 Å². The number of rotatable bonds is 1. The van der Waals surface area contributed by atoms with E-state index < -0.39 is 5.60 Å². The van der Waals surface area contributed by atoms with Gasteiger partial charge < -0.3 is 5.11 Å². The molecule has 15 heavy (non-hydrogen) atoms. The van der Waals surface area contributed by atoms with Crippen molar-refractivity contribution < 1.29 is 9.90 Å². The van der Waals surface area contributed by atoms with E-state index in [0.717, 1.165) is 4.47 Å². The van der Waals surface area contributed by atoms with E-state index in [0.29, 0.717) is 31.4 Å². The van der Waals surface area contributed by atoms with Crippen LogP contribution in [-0.2, 0) is 17.4 Å². The molecule has 1 fully saturated rings. The molecular weight excluding hydrogens is 260 g/mol. The van der Waals surface area contributed by atoms with Crippen molar-refractivity contribution in [3.8, 4) is 0 Å². The van der Waals surface area contributed by atoms with Gasteiger partial charge in [0, 0.05) is 26.1 Å². The Balaban J connectivity index is 2.29. The molecule has 82 valence electrons. The third-order valence-corrected chi connectivity index (χ3v) is 3.44. The minimum absolute atomic E-state index is 0.228. The van der Waals surface area contributed by atoms with E-state index in [1.165, 1.54) is 0 Å². The number of ketones is 1. The second-order valence-electron chi connectivity index (χ2n) is 4.07. The van der Waals surface area contributed by atoms with E-state index in [1.54, 1.807) is 4.68 Å². The number of nitrogens with zero attached hydrogens (tertiary/aromatic N) is 2. The third kappa shape index (κ3) is 1.99. The summed E-state index contributed by atoms with van der Waals surface area (Å²) in [5.74, 6) is 0.228. The molecule has 0 spiro atoms. The summed E-state index contributed by atoms with van der Waals surface area (Å²) in [5, 5.41) is 14.6. The Bertz CT molecular complexity index is 390. The number of hydrogen-bond donors (Lipinski definition) is 1. The van der Waals surface area contributed by atoms with E-state index >= 15 is 0 Å². The van der Waals surface area contributed by atoms with E-state index in [9.17, 15) is 9.90 Å². The third-order valence-electron chi connectivity index (χ3n) is 2.86. The molecule has 1 N–H and O–H groups in total. The molecule has 1 aromatic heterocycles. The number of aromatic nitrogens is 2. The SMILES string of the molecule is Cn1cc(Br)c(C2(O)CCC(=O)CC2)n1. The van der Waals surface area contributed by atoms with Crippen LogP contribution >= 0.6 is 15.9 Å². The number of carbonyl (C=O) groups is 1. The molecule has 1 aliphatic carbocycles. The molecule has 0 aromatic carbocycles. The molecule has 0 amide bonds. The van der Waals surface area contributed by atoms with Gasteiger partial charge in [0.1, 0.15) is 17.1 Å². The minimum Gasteiger partial charge on any atom is -0.383 e. The molecule has 0 bridgehead atoms. The first kappa shape index (κ1) is 10.8. The molecule has 0 radical (unpaired) electrons. The molecule has 2 rings (SSSR count). The van der Waals surface area contributed by atoms with Crippen LogP contribution in [0.2, 0.25) is 0 Å². The highest BCUT2D eigenvalue weighted by molar-refractivity contribution is 9.10. The summed E-state index contributed by atoms with van der Waals surface area (Å²) in [6, 6.07) is 0. The molecule has 0 atom stereocenters. The Morgan fingerprint density at radius 2 is 2.13 bits per heavy atom. The molecule has 1 heterocycles. The number of aliphatic hydroxyl groups is 1. The minimum atomic E-state index is -0.937. The van der Waals surface area contributed by atoms with E-state index in [4.69, 9.17) is 0 Å². The molecule has 0 aliphatic heterocycles. The molecular formula is C10H13BrN2O2. The van der Waals surface area contributed by atoms with Crippen molar-refractivity contribution in [1.82, 2.24) is 9.78 Å². The topological polar surface area (TPSA) is 55.1 Å². The van der Waals surface area contributed by atoms with Gasteiger partial charge in [-0.1, -0.05) is 0 Å². The van der Waals surface area contributed by atoms with Crippen molar-refractivity contribution in [2.24, 2.45) is 7.05 Å². The second-order valence-corrected chi connectivity index (χ2v) is 4.92. The first-order valence-electron chi connectivity index (χ1n) is 4.95. The maximum absolute atomic E-state index is 11.1. The van der Waals surface area contributed by atoms with Crippen LogP contribution in [0.15, 0.2) is 10.7 Å². The van der Waals surface area contributed by atoms with Crippen LogP contribution in [0.1, 0.15) is 31.4 Å². The molecule has 1 aromatic rings. The average molecular weight is 273 g/mol. The van der Waals surface area contributed by atoms with Crippen LogP contribution in [0.4, 0.5) is 0 Å². The highest BCUT2D eigenvalue weighted by atomic mass is 79.9. The zero-order valence-electron chi connectivity index (χ0n) is 8.53. The lowest BCUT2D eigenvalue weighted by atomic mass is 9.82. The number of Topliss-reactive ketones (excluding diaryl/α,β-unsaturated/α-hetero) is 1. The number of carbonyl (C=O) groups excluding carboxylic acids is 1. The molecule has 1 aliphatic rings. The molecule has 4 nitrogen and oxygen atoms in total. The summed E-state index contributed by atoms with van der Waals surface area (Å²) in [5.41, 5.74) is -0.286. The Morgan fingerprint density at radius 1 is 1.53 bits per heavy atom. The van der Waals surface area contributed by atoms with Crippen molar-refractivity contribution in [2.75, 3.05) is 0 Å². The molecule has 1 saturated carbocycles. The van der Waals surface area contributed by atoms with Gasteiger partial charge in [0.2, 0.25) is 0 Å². The van der Waals surface area contributed by atoms with Crippen molar-refractivity contribution in [3.63, 3.8) is 0 Å². The number of aryl methyl sites for hydroxylation is 1. The number of halogens is 1. The summed E-state index contributed by atoms with van der Waals surface area (Å²) < 4.78 is 2.47. The quantitative estimate of drug-likeness (QED) is 0.843. The van der Waals surface area contributed by atoms with Gasteiger partial charge in [0.25, 0.3) is 0 Å². The average Bonchev–Trinajstić information content (AvgIpc) is 2.52. The highest BCUT2D eigenvalue weighted by Crippen LogP contribution is 2.38. The zero-order chi connectivity index (χ0) is 11.1.